The molecule has 3 aromatic rings. The number of aryl methyl sites for hydroxylation is 2. The van der Waals surface area contributed by atoms with Crippen molar-refractivity contribution in [2.45, 2.75) is 46.3 Å². The monoisotopic (exact) mass is 401 g/mol. The Morgan fingerprint density at radius 2 is 1.93 bits per heavy atom. The van der Waals surface area contributed by atoms with E-state index in [4.69, 9.17) is 11.6 Å². The van der Waals surface area contributed by atoms with Crippen molar-refractivity contribution < 1.29 is 15.0 Å². The van der Waals surface area contributed by atoms with Crippen molar-refractivity contribution in [3.05, 3.63) is 70.0 Å². The Bertz CT molecular complexity index is 974. The zero-order valence-electron chi connectivity index (χ0n) is 16.0. The van der Waals surface area contributed by atoms with E-state index in [0.717, 1.165) is 41.9 Å². The Balaban J connectivity index is 1.89. The third-order valence-electron chi connectivity index (χ3n) is 4.85. The third kappa shape index (κ3) is 3.98. The number of aliphatic hydroxyl groups is 1. The van der Waals surface area contributed by atoms with Gasteiger partial charge in [-0.25, -0.2) is 9.78 Å². The molecule has 2 N–H and O–H groups in total. The molecule has 0 saturated carbocycles. The molecule has 0 aliphatic rings. The second-order valence-electron chi connectivity index (χ2n) is 6.80. The molecule has 0 fully saturated rings. The molecule has 1 aromatic carbocycles. The fourth-order valence-corrected chi connectivity index (χ4v) is 3.59. The van der Waals surface area contributed by atoms with Gasteiger partial charge in [-0.2, -0.15) is 0 Å². The number of nitrogens with zero attached hydrogens (tertiary/aromatic N) is 3. The molecule has 0 amide bonds. The number of rotatable bonds is 8. The molecule has 3 rings (SSSR count). The summed E-state index contributed by atoms with van der Waals surface area (Å²) in [5, 5.41) is 19.5. The summed E-state index contributed by atoms with van der Waals surface area (Å²) in [4.78, 5) is 15.9. The number of carboxylic acids is 1. The molecule has 7 heteroatoms. The largest absolute Gasteiger partial charge is 0.477 e. The number of halogens is 1. The number of unbranched alkanes of at least 4 members (excludes halogenated alkanes) is 1. The van der Waals surface area contributed by atoms with Crippen molar-refractivity contribution in [1.82, 2.24) is 14.1 Å². The molecular weight excluding hydrogens is 378 g/mol. The molecule has 0 aliphatic heterocycles. The highest BCUT2D eigenvalue weighted by atomic mass is 35.5. The van der Waals surface area contributed by atoms with Crippen LogP contribution in [0.15, 0.2) is 36.5 Å². The van der Waals surface area contributed by atoms with Gasteiger partial charge in [-0.15, -0.1) is 0 Å². The fraction of sp³-hybridized carbons (Fsp3) is 0.333. The minimum absolute atomic E-state index is 0.166. The van der Waals surface area contributed by atoms with Crippen LogP contribution in [0.4, 0.5) is 0 Å². The van der Waals surface area contributed by atoms with Gasteiger partial charge in [0.2, 0.25) is 0 Å². The van der Waals surface area contributed by atoms with Crippen LogP contribution in [-0.4, -0.2) is 30.3 Å². The van der Waals surface area contributed by atoms with E-state index in [2.05, 4.69) is 11.9 Å². The van der Waals surface area contributed by atoms with Gasteiger partial charge in [-0.3, -0.25) is 0 Å². The van der Waals surface area contributed by atoms with Crippen LogP contribution in [0.25, 0.3) is 5.69 Å². The average molecular weight is 402 g/mol. The lowest BCUT2D eigenvalue weighted by Gasteiger charge is -2.12. The van der Waals surface area contributed by atoms with Crippen molar-refractivity contribution >= 4 is 17.6 Å². The number of aliphatic hydroxyl groups excluding tert-OH is 1. The van der Waals surface area contributed by atoms with E-state index >= 15 is 0 Å². The maximum absolute atomic E-state index is 11.5. The second-order valence-corrected chi connectivity index (χ2v) is 7.16. The normalized spacial score (nSPS) is 11.1. The highest BCUT2D eigenvalue weighted by Crippen LogP contribution is 2.22. The molecule has 0 radical (unpaired) electrons. The minimum atomic E-state index is -0.951. The SMILES string of the molecule is CCCCc1nc(Cl)c(CO)n1Cc1ccc(-n2ccc(C)c2C(=O)O)cc1. The van der Waals surface area contributed by atoms with Crippen molar-refractivity contribution in [2.24, 2.45) is 0 Å². The van der Waals surface area contributed by atoms with E-state index in [0.29, 0.717) is 17.4 Å². The van der Waals surface area contributed by atoms with Crippen LogP contribution in [-0.2, 0) is 19.6 Å². The number of hydrogen-bond donors (Lipinski definition) is 2. The highest BCUT2D eigenvalue weighted by Gasteiger charge is 2.16. The molecule has 0 aliphatic carbocycles. The first-order chi connectivity index (χ1) is 13.5. The Morgan fingerprint density at radius 3 is 2.54 bits per heavy atom. The maximum Gasteiger partial charge on any atom is 0.353 e. The Hall–Kier alpha value is -2.57. The first-order valence-corrected chi connectivity index (χ1v) is 9.69. The summed E-state index contributed by atoms with van der Waals surface area (Å²) in [5.41, 5.74) is 3.40. The molecular formula is C21H24ClN3O3. The smallest absolute Gasteiger partial charge is 0.353 e. The summed E-state index contributed by atoms with van der Waals surface area (Å²) in [6.45, 7) is 4.28. The molecule has 2 aromatic heterocycles. The van der Waals surface area contributed by atoms with Crippen molar-refractivity contribution in [1.29, 1.82) is 0 Å². The molecule has 148 valence electrons. The Morgan fingerprint density at radius 1 is 1.21 bits per heavy atom. The lowest BCUT2D eigenvalue weighted by atomic mass is 10.2. The summed E-state index contributed by atoms with van der Waals surface area (Å²) >= 11 is 6.20. The van der Waals surface area contributed by atoms with Crippen molar-refractivity contribution in [3.8, 4) is 5.69 Å². The lowest BCUT2D eigenvalue weighted by Crippen LogP contribution is -2.10. The molecule has 2 heterocycles. The van der Waals surface area contributed by atoms with E-state index in [-0.39, 0.29) is 12.3 Å². The summed E-state index contributed by atoms with van der Waals surface area (Å²) in [6.07, 6.45) is 4.62. The van der Waals surface area contributed by atoms with Gasteiger partial charge >= 0.3 is 5.97 Å². The minimum Gasteiger partial charge on any atom is -0.477 e. The predicted molar refractivity (Wildman–Crippen MR) is 108 cm³/mol. The topological polar surface area (TPSA) is 80.3 Å². The maximum atomic E-state index is 11.5. The van der Waals surface area contributed by atoms with Crippen LogP contribution in [0, 0.1) is 6.92 Å². The van der Waals surface area contributed by atoms with Gasteiger partial charge in [-0.05, 0) is 42.7 Å². The number of hydrogen-bond acceptors (Lipinski definition) is 3. The molecule has 0 spiro atoms. The molecule has 6 nitrogen and oxygen atoms in total. The summed E-state index contributed by atoms with van der Waals surface area (Å²) in [5.74, 6) is -0.0815. The molecule has 0 unspecified atom stereocenters. The number of carboxylic acid groups (broad SMARTS) is 1. The summed E-state index contributed by atoms with van der Waals surface area (Å²) < 4.78 is 3.64. The van der Waals surface area contributed by atoms with Gasteiger partial charge in [0.15, 0.2) is 5.15 Å². The van der Waals surface area contributed by atoms with Crippen molar-refractivity contribution in [3.63, 3.8) is 0 Å². The van der Waals surface area contributed by atoms with E-state index in [1.54, 1.807) is 23.8 Å². The van der Waals surface area contributed by atoms with Crippen LogP contribution < -0.4 is 0 Å². The van der Waals surface area contributed by atoms with E-state index in [1.807, 2.05) is 28.8 Å². The molecule has 0 saturated heterocycles. The van der Waals surface area contributed by atoms with E-state index in [1.165, 1.54) is 0 Å². The zero-order valence-corrected chi connectivity index (χ0v) is 16.8. The van der Waals surface area contributed by atoms with Gasteiger partial charge < -0.3 is 19.3 Å². The molecule has 0 bridgehead atoms. The van der Waals surface area contributed by atoms with Crippen LogP contribution in [0.5, 0.6) is 0 Å². The second kappa shape index (κ2) is 8.63. The number of benzene rings is 1. The molecule has 28 heavy (non-hydrogen) atoms. The lowest BCUT2D eigenvalue weighted by molar-refractivity contribution is 0.0687. The number of imidazole rings is 1. The molecule has 0 atom stereocenters. The van der Waals surface area contributed by atoms with Gasteiger partial charge in [-0.1, -0.05) is 37.1 Å². The van der Waals surface area contributed by atoms with Gasteiger partial charge in [0.1, 0.15) is 11.5 Å². The number of aromatic carboxylic acids is 1. The van der Waals surface area contributed by atoms with Gasteiger partial charge in [0.25, 0.3) is 0 Å². The van der Waals surface area contributed by atoms with Crippen LogP contribution >= 0.6 is 11.6 Å². The summed E-state index contributed by atoms with van der Waals surface area (Å²) in [7, 11) is 0. The highest BCUT2D eigenvalue weighted by molar-refractivity contribution is 6.30. The quantitative estimate of drug-likeness (QED) is 0.592. The fourth-order valence-electron chi connectivity index (χ4n) is 3.33. The first kappa shape index (κ1) is 20.2. The summed E-state index contributed by atoms with van der Waals surface area (Å²) in [6, 6.07) is 9.48. The predicted octanol–water partition coefficient (Wildman–Crippen LogP) is 4.22. The first-order valence-electron chi connectivity index (χ1n) is 9.31. The Labute approximate surface area is 169 Å². The van der Waals surface area contributed by atoms with Crippen LogP contribution in [0.2, 0.25) is 5.15 Å². The van der Waals surface area contributed by atoms with E-state index in [9.17, 15) is 15.0 Å². The van der Waals surface area contributed by atoms with Crippen molar-refractivity contribution in [2.75, 3.05) is 0 Å². The van der Waals surface area contributed by atoms with Gasteiger partial charge in [0.05, 0.1) is 12.3 Å². The van der Waals surface area contributed by atoms with Crippen LogP contribution in [0.1, 0.15) is 52.9 Å². The third-order valence-corrected chi connectivity index (χ3v) is 5.15. The standard InChI is InChI=1S/C21H24ClN3O3/c1-3-4-5-18-23-20(22)17(13-26)25(18)12-15-6-8-16(9-7-15)24-11-10-14(2)19(24)21(27)28/h6-11,26H,3-5,12-13H2,1-2H3,(H,27,28). The number of aromatic nitrogens is 3. The van der Waals surface area contributed by atoms with E-state index < -0.39 is 5.97 Å². The van der Waals surface area contributed by atoms with Gasteiger partial charge in [0, 0.05) is 24.8 Å². The zero-order chi connectivity index (χ0) is 20.3. The average Bonchev–Trinajstić information content (AvgIpc) is 3.20. The Kier molecular flexibility index (Phi) is 6.21. The van der Waals surface area contributed by atoms with Crippen LogP contribution in [0.3, 0.4) is 0 Å². The number of carbonyl (C=O) groups is 1.